The van der Waals surface area contributed by atoms with Gasteiger partial charge in [-0.25, -0.2) is 0 Å². The summed E-state index contributed by atoms with van der Waals surface area (Å²) in [6.45, 7) is 2.87. The van der Waals surface area contributed by atoms with E-state index in [0.29, 0.717) is 23.7 Å². The molecule has 1 saturated heterocycles. The van der Waals surface area contributed by atoms with E-state index in [0.717, 1.165) is 22.2 Å². The summed E-state index contributed by atoms with van der Waals surface area (Å²) >= 11 is 5.98. The summed E-state index contributed by atoms with van der Waals surface area (Å²) in [5.41, 5.74) is 3.13. The third kappa shape index (κ3) is 3.73. The van der Waals surface area contributed by atoms with Gasteiger partial charge in [0, 0.05) is 45.8 Å². The molecule has 160 valence electrons. The Kier molecular flexibility index (Phi) is 5.60. The number of likely N-dealkylation sites (tertiary alicyclic amines) is 1. The van der Waals surface area contributed by atoms with Gasteiger partial charge in [0.2, 0.25) is 0 Å². The Balaban J connectivity index is 1.95. The molecule has 31 heavy (non-hydrogen) atoms. The van der Waals surface area contributed by atoms with Crippen LogP contribution in [0.3, 0.4) is 0 Å². The van der Waals surface area contributed by atoms with Crippen LogP contribution in [0.15, 0.2) is 54.1 Å². The highest BCUT2D eigenvalue weighted by Gasteiger charge is 2.47. The van der Waals surface area contributed by atoms with Gasteiger partial charge in [-0.2, -0.15) is 0 Å². The number of aryl methyl sites for hydroxylation is 1. The van der Waals surface area contributed by atoms with Crippen molar-refractivity contribution in [1.82, 2.24) is 14.8 Å². The third-order valence-electron chi connectivity index (χ3n) is 5.66. The van der Waals surface area contributed by atoms with E-state index < -0.39 is 17.7 Å². The summed E-state index contributed by atoms with van der Waals surface area (Å²) in [6, 6.07) is 13.7. The van der Waals surface area contributed by atoms with E-state index >= 15 is 0 Å². The fraction of sp³-hybridized carbons (Fsp3) is 0.250. The van der Waals surface area contributed by atoms with Crippen LogP contribution in [0.1, 0.15) is 22.9 Å². The van der Waals surface area contributed by atoms with Crippen LogP contribution in [-0.4, -0.2) is 58.8 Å². The quantitative estimate of drug-likeness (QED) is 0.357. The van der Waals surface area contributed by atoms with E-state index in [1.807, 2.05) is 50.2 Å². The largest absolute Gasteiger partial charge is 0.507 e. The molecule has 6 nitrogen and oxygen atoms in total. The molecule has 1 fully saturated rings. The molecule has 1 amide bonds. The summed E-state index contributed by atoms with van der Waals surface area (Å²) in [6.07, 6.45) is 0. The molecule has 0 saturated carbocycles. The van der Waals surface area contributed by atoms with Gasteiger partial charge in [0.15, 0.2) is 0 Å². The van der Waals surface area contributed by atoms with Gasteiger partial charge in [-0.15, -0.1) is 0 Å². The van der Waals surface area contributed by atoms with Crippen LogP contribution >= 0.6 is 11.6 Å². The molecule has 1 aliphatic rings. The number of rotatable bonds is 5. The van der Waals surface area contributed by atoms with E-state index in [9.17, 15) is 14.7 Å². The predicted molar refractivity (Wildman–Crippen MR) is 122 cm³/mol. The second kappa shape index (κ2) is 8.21. The van der Waals surface area contributed by atoms with Gasteiger partial charge in [-0.05, 0) is 51.4 Å². The highest BCUT2D eigenvalue weighted by atomic mass is 35.5. The molecule has 2 N–H and O–H groups in total. The topological polar surface area (TPSA) is 76.6 Å². The lowest BCUT2D eigenvalue weighted by Crippen LogP contribution is -2.35. The van der Waals surface area contributed by atoms with Crippen molar-refractivity contribution < 1.29 is 14.7 Å². The van der Waals surface area contributed by atoms with Gasteiger partial charge in [0.1, 0.15) is 5.76 Å². The number of carbonyl (C=O) groups excluding carboxylic acids is 2. The fourth-order valence-corrected chi connectivity index (χ4v) is 4.26. The Morgan fingerprint density at radius 2 is 1.81 bits per heavy atom. The predicted octanol–water partition coefficient (Wildman–Crippen LogP) is 4.11. The fourth-order valence-electron chi connectivity index (χ4n) is 4.13. The first-order chi connectivity index (χ1) is 14.8. The molecular weight excluding hydrogens is 414 g/mol. The van der Waals surface area contributed by atoms with E-state index in [1.165, 1.54) is 0 Å². The number of hydrogen-bond donors (Lipinski definition) is 2. The number of aromatic nitrogens is 1. The maximum Gasteiger partial charge on any atom is 0.295 e. The van der Waals surface area contributed by atoms with Crippen LogP contribution in [0.2, 0.25) is 5.02 Å². The maximum atomic E-state index is 13.1. The normalized spacial score (nSPS) is 18.5. The van der Waals surface area contributed by atoms with Crippen molar-refractivity contribution in [3.63, 3.8) is 0 Å². The van der Waals surface area contributed by atoms with Crippen LogP contribution in [0.25, 0.3) is 16.7 Å². The number of para-hydroxylation sites is 1. The van der Waals surface area contributed by atoms with E-state index in [1.54, 1.807) is 29.2 Å². The minimum atomic E-state index is -0.688. The number of carbonyl (C=O) groups is 2. The summed E-state index contributed by atoms with van der Waals surface area (Å²) < 4.78 is 0. The van der Waals surface area contributed by atoms with Crippen molar-refractivity contribution in [2.75, 3.05) is 27.2 Å². The molecule has 4 rings (SSSR count). The molecule has 0 spiro atoms. The molecule has 7 heteroatoms. The highest BCUT2D eigenvalue weighted by molar-refractivity contribution is 6.46. The Labute approximate surface area is 185 Å². The number of hydrogen-bond acceptors (Lipinski definition) is 4. The van der Waals surface area contributed by atoms with Crippen molar-refractivity contribution in [2.24, 2.45) is 0 Å². The first kappa shape index (κ1) is 21.2. The van der Waals surface area contributed by atoms with Crippen molar-refractivity contribution in [1.29, 1.82) is 0 Å². The Bertz CT molecular complexity index is 1190. The van der Waals surface area contributed by atoms with Crippen LogP contribution in [0, 0.1) is 6.92 Å². The number of likely N-dealkylation sites (N-methyl/N-ethyl adjacent to an activating group) is 1. The Morgan fingerprint density at radius 3 is 2.48 bits per heavy atom. The van der Waals surface area contributed by atoms with E-state index in [-0.39, 0.29) is 11.3 Å². The number of nitrogens with one attached hydrogen (secondary N) is 1. The maximum absolute atomic E-state index is 13.1. The second-order valence-electron chi connectivity index (χ2n) is 8.01. The molecular formula is C24H24ClN3O3. The molecule has 0 radical (unpaired) electrons. The van der Waals surface area contributed by atoms with Gasteiger partial charge in [-0.3, -0.25) is 9.59 Å². The van der Waals surface area contributed by atoms with Gasteiger partial charge < -0.3 is 19.9 Å². The van der Waals surface area contributed by atoms with Crippen LogP contribution in [0.4, 0.5) is 0 Å². The van der Waals surface area contributed by atoms with Crippen LogP contribution in [0.5, 0.6) is 0 Å². The third-order valence-corrected chi connectivity index (χ3v) is 5.91. The standard InChI is InChI=1S/C24H24ClN3O3/c1-14-19(17-6-4-5-7-18(17)26-14)21-20(22(29)15-8-10-16(25)11-9-15)23(30)24(31)28(21)13-12-27(2)3/h4-11,21,26,29H,12-13H2,1-3H3/b22-20+. The Hall–Kier alpha value is -3.09. The number of aliphatic hydroxyl groups is 1. The molecule has 2 heterocycles. The minimum Gasteiger partial charge on any atom is -0.507 e. The van der Waals surface area contributed by atoms with Crippen LogP contribution < -0.4 is 0 Å². The number of benzene rings is 2. The first-order valence-corrected chi connectivity index (χ1v) is 10.4. The number of nitrogens with zero attached hydrogens (tertiary/aromatic N) is 2. The number of halogens is 1. The highest BCUT2D eigenvalue weighted by Crippen LogP contribution is 2.43. The lowest BCUT2D eigenvalue weighted by molar-refractivity contribution is -0.140. The summed E-state index contributed by atoms with van der Waals surface area (Å²) in [4.78, 5) is 33.1. The average Bonchev–Trinajstić information content (AvgIpc) is 3.19. The van der Waals surface area contributed by atoms with Gasteiger partial charge >= 0.3 is 0 Å². The monoisotopic (exact) mass is 437 g/mol. The molecule has 2 aromatic carbocycles. The van der Waals surface area contributed by atoms with Gasteiger partial charge in [0.25, 0.3) is 11.7 Å². The molecule has 1 unspecified atom stereocenters. The summed E-state index contributed by atoms with van der Waals surface area (Å²) in [5.74, 6) is -1.48. The van der Waals surface area contributed by atoms with Crippen molar-refractivity contribution in [2.45, 2.75) is 13.0 Å². The first-order valence-electron chi connectivity index (χ1n) is 10.1. The number of ketones is 1. The molecule has 0 bridgehead atoms. The number of amides is 1. The zero-order valence-electron chi connectivity index (χ0n) is 17.6. The van der Waals surface area contributed by atoms with E-state index in [4.69, 9.17) is 11.6 Å². The SMILES string of the molecule is Cc1[nH]c2ccccc2c1C1/C(=C(\O)c2ccc(Cl)cc2)C(=O)C(=O)N1CCN(C)C. The smallest absolute Gasteiger partial charge is 0.295 e. The summed E-state index contributed by atoms with van der Waals surface area (Å²) in [5, 5.41) is 12.6. The van der Waals surface area contributed by atoms with Gasteiger partial charge in [0.05, 0.1) is 11.6 Å². The van der Waals surface area contributed by atoms with Crippen molar-refractivity contribution >= 4 is 40.0 Å². The molecule has 0 aliphatic carbocycles. The molecule has 1 atom stereocenters. The van der Waals surface area contributed by atoms with Crippen molar-refractivity contribution in [3.05, 3.63) is 75.9 Å². The second-order valence-corrected chi connectivity index (χ2v) is 8.45. The van der Waals surface area contributed by atoms with Crippen molar-refractivity contribution in [3.8, 4) is 0 Å². The zero-order chi connectivity index (χ0) is 22.3. The number of aliphatic hydroxyl groups excluding tert-OH is 1. The zero-order valence-corrected chi connectivity index (χ0v) is 18.4. The lowest BCUT2D eigenvalue weighted by atomic mass is 9.93. The molecule has 1 aliphatic heterocycles. The number of Topliss-reactive ketones (excluding diaryl/α,β-unsaturated/α-hetero) is 1. The average molecular weight is 438 g/mol. The number of aromatic amines is 1. The number of H-pyrrole nitrogens is 1. The van der Waals surface area contributed by atoms with Gasteiger partial charge in [-0.1, -0.05) is 29.8 Å². The summed E-state index contributed by atoms with van der Waals surface area (Å²) in [7, 11) is 3.83. The minimum absolute atomic E-state index is 0.0962. The van der Waals surface area contributed by atoms with Crippen LogP contribution in [-0.2, 0) is 9.59 Å². The lowest BCUT2D eigenvalue weighted by Gasteiger charge is -2.27. The number of fused-ring (bicyclic) bond motifs is 1. The molecule has 3 aromatic rings. The molecule has 1 aromatic heterocycles. The van der Waals surface area contributed by atoms with E-state index in [2.05, 4.69) is 4.98 Å². The Morgan fingerprint density at radius 1 is 1.13 bits per heavy atom.